The molecule has 0 unspecified atom stereocenters. The fourth-order valence-electron chi connectivity index (χ4n) is 3.23. The van der Waals surface area contributed by atoms with E-state index >= 15 is 0 Å². The number of benzene rings is 2. The van der Waals surface area contributed by atoms with Gasteiger partial charge in [-0.15, -0.1) is 11.3 Å². The predicted octanol–water partition coefficient (Wildman–Crippen LogP) is 3.46. The highest BCUT2D eigenvalue weighted by Gasteiger charge is 2.28. The summed E-state index contributed by atoms with van der Waals surface area (Å²) in [6, 6.07) is 15.2. The van der Waals surface area contributed by atoms with Crippen LogP contribution in [0.2, 0.25) is 0 Å². The third-order valence-electron chi connectivity index (χ3n) is 4.72. The van der Waals surface area contributed by atoms with Crippen LogP contribution in [0.1, 0.15) is 5.69 Å². The summed E-state index contributed by atoms with van der Waals surface area (Å²) in [6.45, 7) is 2.69. The Bertz CT molecular complexity index is 1050. The first-order valence-electron chi connectivity index (χ1n) is 9.00. The molecule has 5 nitrogen and oxygen atoms in total. The largest absolute Gasteiger partial charge is 0.295 e. The fourth-order valence-corrected chi connectivity index (χ4v) is 5.50. The van der Waals surface area contributed by atoms with Gasteiger partial charge in [-0.3, -0.25) is 4.90 Å². The molecule has 0 N–H and O–H groups in total. The molecule has 1 aromatic heterocycles. The van der Waals surface area contributed by atoms with E-state index in [0.717, 1.165) is 22.3 Å². The van der Waals surface area contributed by atoms with Gasteiger partial charge in [-0.1, -0.05) is 36.4 Å². The van der Waals surface area contributed by atoms with Crippen molar-refractivity contribution in [1.82, 2.24) is 14.2 Å². The standard InChI is InChI=1S/C20H20FN3O2S2/c21-17-7-4-8-19(13-17)28(25,26)24-11-9-23(10-12-24)14-18-15-27-20(22-18)16-5-2-1-3-6-16/h1-8,13,15H,9-12,14H2. The zero-order chi connectivity index (χ0) is 19.6. The lowest BCUT2D eigenvalue weighted by atomic mass is 10.2. The molecule has 146 valence electrons. The summed E-state index contributed by atoms with van der Waals surface area (Å²) in [5, 5.41) is 3.04. The normalized spacial score (nSPS) is 16.3. The third-order valence-corrected chi connectivity index (χ3v) is 7.56. The third kappa shape index (κ3) is 4.15. The van der Waals surface area contributed by atoms with Crippen molar-refractivity contribution in [3.63, 3.8) is 0 Å². The monoisotopic (exact) mass is 417 g/mol. The number of rotatable bonds is 5. The van der Waals surface area contributed by atoms with Crippen molar-refractivity contribution in [2.45, 2.75) is 11.4 Å². The minimum Gasteiger partial charge on any atom is -0.295 e. The van der Waals surface area contributed by atoms with Gasteiger partial charge in [0.1, 0.15) is 10.8 Å². The lowest BCUT2D eigenvalue weighted by Crippen LogP contribution is -2.48. The smallest absolute Gasteiger partial charge is 0.243 e. The van der Waals surface area contributed by atoms with E-state index in [1.807, 2.05) is 30.3 Å². The second-order valence-electron chi connectivity index (χ2n) is 6.65. The molecule has 0 atom stereocenters. The van der Waals surface area contributed by atoms with Crippen LogP contribution >= 0.6 is 11.3 Å². The Hall–Kier alpha value is -2.13. The van der Waals surface area contributed by atoms with Crippen LogP contribution in [-0.4, -0.2) is 48.8 Å². The molecule has 0 spiro atoms. The number of thiazole rings is 1. The van der Waals surface area contributed by atoms with E-state index in [9.17, 15) is 12.8 Å². The minimum atomic E-state index is -3.66. The van der Waals surface area contributed by atoms with Crippen molar-refractivity contribution < 1.29 is 12.8 Å². The van der Waals surface area contributed by atoms with Gasteiger partial charge in [-0.2, -0.15) is 4.31 Å². The van der Waals surface area contributed by atoms with Crippen molar-refractivity contribution in [3.8, 4) is 10.6 Å². The van der Waals surface area contributed by atoms with Crippen molar-refractivity contribution in [3.05, 3.63) is 71.5 Å². The average molecular weight is 418 g/mol. The number of nitrogens with zero attached hydrogens (tertiary/aromatic N) is 3. The van der Waals surface area contributed by atoms with Crippen molar-refractivity contribution in [2.24, 2.45) is 0 Å². The van der Waals surface area contributed by atoms with Gasteiger partial charge >= 0.3 is 0 Å². The molecular weight excluding hydrogens is 397 g/mol. The Labute approximate surface area is 168 Å². The second kappa shape index (κ2) is 8.08. The fraction of sp³-hybridized carbons (Fsp3) is 0.250. The first-order chi connectivity index (χ1) is 13.5. The molecule has 0 amide bonds. The molecule has 0 radical (unpaired) electrons. The Balaban J connectivity index is 1.38. The van der Waals surface area contributed by atoms with Gasteiger partial charge in [0.25, 0.3) is 0 Å². The number of halogens is 1. The molecule has 1 saturated heterocycles. The summed E-state index contributed by atoms with van der Waals surface area (Å²) in [4.78, 5) is 6.91. The number of piperazine rings is 1. The number of hydrogen-bond donors (Lipinski definition) is 0. The maximum absolute atomic E-state index is 13.4. The summed E-state index contributed by atoms with van der Waals surface area (Å²) in [5.41, 5.74) is 2.09. The average Bonchev–Trinajstić information content (AvgIpc) is 3.18. The Morgan fingerprint density at radius 3 is 2.46 bits per heavy atom. The molecular formula is C20H20FN3O2S2. The van der Waals surface area contributed by atoms with Crippen LogP contribution in [0, 0.1) is 5.82 Å². The predicted molar refractivity (Wildman–Crippen MR) is 108 cm³/mol. The lowest BCUT2D eigenvalue weighted by Gasteiger charge is -2.33. The van der Waals surface area contributed by atoms with Gasteiger partial charge in [0, 0.05) is 43.7 Å². The summed E-state index contributed by atoms with van der Waals surface area (Å²) in [6.07, 6.45) is 0. The molecule has 0 aliphatic carbocycles. The van der Waals surface area contributed by atoms with Crippen LogP contribution in [-0.2, 0) is 16.6 Å². The van der Waals surface area contributed by atoms with Gasteiger partial charge in [-0.25, -0.2) is 17.8 Å². The van der Waals surface area contributed by atoms with E-state index < -0.39 is 15.8 Å². The van der Waals surface area contributed by atoms with Crippen LogP contribution < -0.4 is 0 Å². The van der Waals surface area contributed by atoms with Gasteiger partial charge in [0.05, 0.1) is 10.6 Å². The summed E-state index contributed by atoms with van der Waals surface area (Å²) < 4.78 is 40.2. The highest BCUT2D eigenvalue weighted by atomic mass is 32.2. The molecule has 2 aromatic carbocycles. The van der Waals surface area contributed by atoms with E-state index in [2.05, 4.69) is 10.3 Å². The van der Waals surface area contributed by atoms with Crippen LogP contribution in [0.3, 0.4) is 0 Å². The minimum absolute atomic E-state index is 0.00736. The van der Waals surface area contributed by atoms with Crippen LogP contribution in [0.15, 0.2) is 64.9 Å². The molecule has 0 saturated carbocycles. The van der Waals surface area contributed by atoms with Crippen molar-refractivity contribution in [2.75, 3.05) is 26.2 Å². The maximum atomic E-state index is 13.4. The van der Waals surface area contributed by atoms with Crippen LogP contribution in [0.4, 0.5) is 4.39 Å². The van der Waals surface area contributed by atoms with Crippen molar-refractivity contribution >= 4 is 21.4 Å². The number of aromatic nitrogens is 1. The van der Waals surface area contributed by atoms with Crippen LogP contribution in [0.5, 0.6) is 0 Å². The molecule has 1 aliphatic rings. The van der Waals surface area contributed by atoms with Gasteiger partial charge < -0.3 is 0 Å². The summed E-state index contributed by atoms with van der Waals surface area (Å²) >= 11 is 1.62. The SMILES string of the molecule is O=S(=O)(c1cccc(F)c1)N1CCN(Cc2csc(-c3ccccc3)n2)CC1. The molecule has 1 fully saturated rings. The van der Waals surface area contributed by atoms with Crippen LogP contribution in [0.25, 0.3) is 10.6 Å². The Morgan fingerprint density at radius 1 is 1.00 bits per heavy atom. The molecule has 0 bridgehead atoms. The first kappa shape index (κ1) is 19.2. The van der Waals surface area contributed by atoms with E-state index in [1.54, 1.807) is 11.3 Å². The topological polar surface area (TPSA) is 53.5 Å². The number of hydrogen-bond acceptors (Lipinski definition) is 5. The van der Waals surface area contributed by atoms with E-state index in [0.29, 0.717) is 32.7 Å². The molecule has 1 aliphatic heterocycles. The molecule has 8 heteroatoms. The zero-order valence-electron chi connectivity index (χ0n) is 15.2. The maximum Gasteiger partial charge on any atom is 0.243 e. The van der Waals surface area contributed by atoms with E-state index in [1.165, 1.54) is 22.5 Å². The molecule has 28 heavy (non-hydrogen) atoms. The highest BCUT2D eigenvalue weighted by Crippen LogP contribution is 2.24. The molecule has 4 rings (SSSR count). The molecule has 2 heterocycles. The summed E-state index contributed by atoms with van der Waals surface area (Å²) in [7, 11) is -3.66. The van der Waals surface area contributed by atoms with E-state index in [-0.39, 0.29) is 4.90 Å². The quantitative estimate of drug-likeness (QED) is 0.638. The summed E-state index contributed by atoms with van der Waals surface area (Å²) in [5.74, 6) is -0.544. The van der Waals surface area contributed by atoms with Gasteiger partial charge in [-0.05, 0) is 18.2 Å². The Morgan fingerprint density at radius 2 is 1.75 bits per heavy atom. The lowest BCUT2D eigenvalue weighted by molar-refractivity contribution is 0.180. The Kier molecular flexibility index (Phi) is 5.54. The van der Waals surface area contributed by atoms with Gasteiger partial charge in [0.15, 0.2) is 0 Å². The van der Waals surface area contributed by atoms with Crippen molar-refractivity contribution in [1.29, 1.82) is 0 Å². The number of sulfonamides is 1. The highest BCUT2D eigenvalue weighted by molar-refractivity contribution is 7.89. The molecule has 3 aromatic rings. The van der Waals surface area contributed by atoms with E-state index in [4.69, 9.17) is 4.98 Å². The first-order valence-corrected chi connectivity index (χ1v) is 11.3. The van der Waals surface area contributed by atoms with Gasteiger partial charge in [0.2, 0.25) is 10.0 Å². The zero-order valence-corrected chi connectivity index (χ0v) is 16.8. The second-order valence-corrected chi connectivity index (χ2v) is 9.44.